The fourth-order valence-corrected chi connectivity index (χ4v) is 6.68. The molecule has 0 aliphatic carbocycles. The molecule has 0 radical (unpaired) electrons. The Hall–Kier alpha value is -2.47. The van der Waals surface area contributed by atoms with E-state index in [2.05, 4.69) is 9.88 Å². The third kappa shape index (κ3) is 5.37. The van der Waals surface area contributed by atoms with Crippen LogP contribution >= 0.6 is 11.3 Å². The number of amides is 1. The number of sulfonamides is 1. The minimum Gasteiger partial charge on any atom is -0.302 e. The average Bonchev–Trinajstić information content (AvgIpc) is 3.53. The summed E-state index contributed by atoms with van der Waals surface area (Å²) in [5.74, 6) is -1.88. The third-order valence-corrected chi connectivity index (χ3v) is 9.15. The van der Waals surface area contributed by atoms with E-state index in [-0.39, 0.29) is 33.6 Å². The maximum atomic E-state index is 14.3. The summed E-state index contributed by atoms with van der Waals surface area (Å²) < 4.78 is 55.4. The molecule has 3 aromatic rings. The van der Waals surface area contributed by atoms with Crippen LogP contribution in [0.5, 0.6) is 0 Å². The molecular formula is C24H28F2N4O3S2. The van der Waals surface area contributed by atoms with E-state index in [0.29, 0.717) is 24.3 Å². The molecule has 1 aliphatic heterocycles. The highest BCUT2D eigenvalue weighted by Crippen LogP contribution is 2.32. The van der Waals surface area contributed by atoms with E-state index in [4.69, 9.17) is 0 Å². The van der Waals surface area contributed by atoms with Crippen molar-refractivity contribution in [2.24, 2.45) is 0 Å². The lowest BCUT2D eigenvalue weighted by Gasteiger charge is -2.25. The number of anilines is 1. The van der Waals surface area contributed by atoms with Crippen molar-refractivity contribution in [2.45, 2.75) is 31.6 Å². The minimum absolute atomic E-state index is 0.0130. The zero-order valence-electron chi connectivity index (χ0n) is 19.7. The summed E-state index contributed by atoms with van der Waals surface area (Å²) in [5, 5.41) is 0.260. The molecule has 4 rings (SSSR count). The van der Waals surface area contributed by atoms with Crippen LogP contribution in [0, 0.1) is 11.6 Å². The van der Waals surface area contributed by atoms with E-state index in [0.717, 1.165) is 43.3 Å². The Bertz CT molecular complexity index is 1300. The summed E-state index contributed by atoms with van der Waals surface area (Å²) in [6, 6.07) is 7.83. The predicted octanol–water partition coefficient (Wildman–Crippen LogP) is 4.35. The molecule has 1 aliphatic rings. The van der Waals surface area contributed by atoms with Crippen molar-refractivity contribution in [3.05, 3.63) is 53.6 Å². The Labute approximate surface area is 208 Å². The Morgan fingerprint density at radius 2 is 1.71 bits per heavy atom. The number of halogens is 2. The number of fused-ring (bicyclic) bond motifs is 1. The van der Waals surface area contributed by atoms with Crippen LogP contribution in [0.1, 0.15) is 37.0 Å². The van der Waals surface area contributed by atoms with Gasteiger partial charge in [0.15, 0.2) is 10.9 Å². The second-order valence-corrected chi connectivity index (χ2v) is 11.3. The number of carbonyl (C=O) groups excluding carboxylic acids is 1. The average molecular weight is 523 g/mol. The fraction of sp³-hybridized carbons (Fsp3) is 0.417. The molecule has 0 N–H and O–H groups in total. The van der Waals surface area contributed by atoms with Gasteiger partial charge in [-0.1, -0.05) is 25.2 Å². The van der Waals surface area contributed by atoms with Gasteiger partial charge in [0, 0.05) is 37.8 Å². The number of rotatable bonds is 9. The van der Waals surface area contributed by atoms with Gasteiger partial charge >= 0.3 is 0 Å². The number of likely N-dealkylation sites (N-methyl/N-ethyl adjacent to an activating group) is 1. The van der Waals surface area contributed by atoms with Crippen LogP contribution in [0.3, 0.4) is 0 Å². The maximum absolute atomic E-state index is 14.3. The highest BCUT2D eigenvalue weighted by atomic mass is 32.2. The van der Waals surface area contributed by atoms with E-state index in [1.807, 2.05) is 13.8 Å². The number of hydrogen-bond donors (Lipinski definition) is 0. The second kappa shape index (κ2) is 10.7. The number of hydrogen-bond acceptors (Lipinski definition) is 6. The van der Waals surface area contributed by atoms with Crippen molar-refractivity contribution < 1.29 is 22.0 Å². The first-order chi connectivity index (χ1) is 16.7. The van der Waals surface area contributed by atoms with Crippen molar-refractivity contribution in [3.63, 3.8) is 0 Å². The lowest BCUT2D eigenvalue weighted by atomic mass is 10.2. The van der Waals surface area contributed by atoms with Gasteiger partial charge in [0.1, 0.15) is 11.3 Å². The maximum Gasteiger partial charge on any atom is 0.260 e. The highest BCUT2D eigenvalue weighted by molar-refractivity contribution is 7.89. The summed E-state index contributed by atoms with van der Waals surface area (Å²) in [4.78, 5) is 21.6. The summed E-state index contributed by atoms with van der Waals surface area (Å²) >= 11 is 1.04. The number of aromatic nitrogens is 1. The molecule has 1 saturated heterocycles. The fourth-order valence-electron chi connectivity index (χ4n) is 4.13. The van der Waals surface area contributed by atoms with Crippen LogP contribution in [0.15, 0.2) is 41.3 Å². The molecule has 188 valence electrons. The normalized spacial score (nSPS) is 14.8. The SMILES string of the molecule is CCN(CC)CCN(C(=O)c1ccc(S(=O)(=O)N2CCCC2)cc1)c1nc2c(F)cc(F)cc2s1. The van der Waals surface area contributed by atoms with Gasteiger partial charge in [-0.25, -0.2) is 22.2 Å². The van der Waals surface area contributed by atoms with E-state index < -0.39 is 21.7 Å². The van der Waals surface area contributed by atoms with Crippen molar-refractivity contribution >= 4 is 42.6 Å². The number of thiazole rings is 1. The van der Waals surface area contributed by atoms with E-state index in [1.54, 1.807) is 0 Å². The van der Waals surface area contributed by atoms with Crippen molar-refractivity contribution in [1.82, 2.24) is 14.2 Å². The molecule has 11 heteroatoms. The molecule has 1 amide bonds. The first kappa shape index (κ1) is 25.6. The van der Waals surface area contributed by atoms with Crippen LogP contribution in [0.4, 0.5) is 13.9 Å². The first-order valence-electron chi connectivity index (χ1n) is 11.6. The van der Waals surface area contributed by atoms with Gasteiger partial charge in [0.2, 0.25) is 10.0 Å². The zero-order chi connectivity index (χ0) is 25.2. The quantitative estimate of drug-likeness (QED) is 0.418. The largest absolute Gasteiger partial charge is 0.302 e. The molecule has 0 bridgehead atoms. The van der Waals surface area contributed by atoms with E-state index in [1.165, 1.54) is 39.5 Å². The Morgan fingerprint density at radius 3 is 2.34 bits per heavy atom. The number of carbonyl (C=O) groups is 1. The lowest BCUT2D eigenvalue weighted by Crippen LogP contribution is -2.38. The van der Waals surface area contributed by atoms with Crippen molar-refractivity contribution in [1.29, 1.82) is 0 Å². The number of benzene rings is 2. The molecule has 0 saturated carbocycles. The van der Waals surface area contributed by atoms with Crippen LogP contribution < -0.4 is 4.90 Å². The standard InChI is InChI=1S/C24H28F2N4O3S2/c1-3-28(4-2)13-14-30(24-27-22-20(26)15-18(25)16-21(22)34-24)23(31)17-7-9-19(10-8-17)35(32,33)29-11-5-6-12-29/h7-10,15-16H,3-6,11-14H2,1-2H3. The van der Waals surface area contributed by atoms with Gasteiger partial charge in [-0.3, -0.25) is 9.69 Å². The highest BCUT2D eigenvalue weighted by Gasteiger charge is 2.28. The van der Waals surface area contributed by atoms with Crippen LogP contribution in [-0.4, -0.2) is 67.8 Å². The molecule has 2 aromatic carbocycles. The van der Waals surface area contributed by atoms with Gasteiger partial charge in [0.25, 0.3) is 5.91 Å². The Morgan fingerprint density at radius 1 is 1.06 bits per heavy atom. The van der Waals surface area contributed by atoms with E-state index >= 15 is 0 Å². The molecular weight excluding hydrogens is 494 g/mol. The molecule has 1 aromatic heterocycles. The zero-order valence-corrected chi connectivity index (χ0v) is 21.3. The molecule has 2 heterocycles. The molecule has 0 unspecified atom stereocenters. The van der Waals surface area contributed by atoms with Gasteiger partial charge in [-0.15, -0.1) is 0 Å². The molecule has 35 heavy (non-hydrogen) atoms. The van der Waals surface area contributed by atoms with Crippen LogP contribution in [0.25, 0.3) is 10.2 Å². The smallest absolute Gasteiger partial charge is 0.260 e. The predicted molar refractivity (Wildman–Crippen MR) is 133 cm³/mol. The Kier molecular flexibility index (Phi) is 7.80. The van der Waals surface area contributed by atoms with Crippen LogP contribution in [-0.2, 0) is 10.0 Å². The van der Waals surface area contributed by atoms with E-state index in [9.17, 15) is 22.0 Å². The molecule has 0 atom stereocenters. The van der Waals surface area contributed by atoms with Crippen LogP contribution in [0.2, 0.25) is 0 Å². The first-order valence-corrected chi connectivity index (χ1v) is 13.9. The number of nitrogens with zero attached hydrogens (tertiary/aromatic N) is 4. The summed E-state index contributed by atoms with van der Waals surface area (Å²) in [5.41, 5.74) is 0.301. The van der Waals surface area contributed by atoms with Gasteiger partial charge < -0.3 is 4.90 Å². The van der Waals surface area contributed by atoms with Crippen molar-refractivity contribution in [3.8, 4) is 0 Å². The summed E-state index contributed by atoms with van der Waals surface area (Å²) in [7, 11) is -3.59. The summed E-state index contributed by atoms with van der Waals surface area (Å²) in [6.45, 7) is 7.47. The summed E-state index contributed by atoms with van der Waals surface area (Å²) in [6.07, 6.45) is 1.67. The monoisotopic (exact) mass is 522 g/mol. The second-order valence-electron chi connectivity index (χ2n) is 8.35. The van der Waals surface area contributed by atoms with Gasteiger partial charge in [-0.05, 0) is 56.3 Å². The molecule has 1 fully saturated rings. The Balaban J connectivity index is 1.65. The molecule has 7 nitrogen and oxygen atoms in total. The van der Waals surface area contributed by atoms with Gasteiger partial charge in [-0.2, -0.15) is 4.31 Å². The minimum atomic E-state index is -3.59. The third-order valence-electron chi connectivity index (χ3n) is 6.22. The van der Waals surface area contributed by atoms with Crippen molar-refractivity contribution in [2.75, 3.05) is 44.2 Å². The van der Waals surface area contributed by atoms with Gasteiger partial charge in [0.05, 0.1) is 9.60 Å². The lowest BCUT2D eigenvalue weighted by molar-refractivity contribution is 0.0983. The topological polar surface area (TPSA) is 73.8 Å². The molecule has 0 spiro atoms.